The zero-order valence-electron chi connectivity index (χ0n) is 15.1. The van der Waals surface area contributed by atoms with Gasteiger partial charge in [0.15, 0.2) is 0 Å². The minimum atomic E-state index is -0.391. The molecule has 0 radical (unpaired) electrons. The van der Waals surface area contributed by atoms with E-state index < -0.39 is 6.09 Å². The van der Waals surface area contributed by atoms with E-state index in [2.05, 4.69) is 31.2 Å². The van der Waals surface area contributed by atoms with Gasteiger partial charge in [-0.3, -0.25) is 5.32 Å². The smallest absolute Gasteiger partial charge is 0.412 e. The molecule has 1 aromatic carbocycles. The second kappa shape index (κ2) is 9.52. The summed E-state index contributed by atoms with van der Waals surface area (Å²) in [5, 5.41) is 2.84. The van der Waals surface area contributed by atoms with Gasteiger partial charge >= 0.3 is 6.09 Å². The summed E-state index contributed by atoms with van der Waals surface area (Å²) in [4.78, 5) is 14.4. The van der Waals surface area contributed by atoms with E-state index in [0.29, 0.717) is 24.0 Å². The van der Waals surface area contributed by atoms with Gasteiger partial charge in [0.05, 0.1) is 12.3 Å². The topological polar surface area (TPSA) is 50.8 Å². The van der Waals surface area contributed by atoms with E-state index in [1.165, 1.54) is 0 Å². The van der Waals surface area contributed by atoms with Crippen LogP contribution in [0.4, 0.5) is 10.5 Å². The van der Waals surface area contributed by atoms with Crippen molar-refractivity contribution in [1.82, 2.24) is 4.90 Å². The Morgan fingerprint density at radius 2 is 2.08 bits per heavy atom. The average Bonchev–Trinajstić information content (AvgIpc) is 2.95. The zero-order chi connectivity index (χ0) is 17.4. The third kappa shape index (κ3) is 5.71. The number of anilines is 1. The van der Waals surface area contributed by atoms with Crippen LogP contribution in [-0.4, -0.2) is 44.3 Å². The fourth-order valence-corrected chi connectivity index (χ4v) is 3.13. The molecule has 1 aromatic rings. The lowest BCUT2D eigenvalue weighted by molar-refractivity contribution is 0.0780. The molecule has 2 rings (SSSR count). The Hall–Kier alpha value is -1.75. The number of ether oxygens (including phenoxy) is 2. The molecule has 1 saturated carbocycles. The third-order valence-electron chi connectivity index (χ3n) is 4.33. The average molecular weight is 334 g/mol. The maximum absolute atomic E-state index is 12.3. The van der Waals surface area contributed by atoms with Gasteiger partial charge in [0.1, 0.15) is 11.9 Å². The highest BCUT2D eigenvalue weighted by molar-refractivity contribution is 5.86. The van der Waals surface area contributed by atoms with Crippen LogP contribution in [0, 0.1) is 5.92 Å². The highest BCUT2D eigenvalue weighted by Gasteiger charge is 2.30. The van der Waals surface area contributed by atoms with Crippen molar-refractivity contribution >= 4 is 11.8 Å². The third-order valence-corrected chi connectivity index (χ3v) is 4.33. The van der Waals surface area contributed by atoms with E-state index in [4.69, 9.17) is 9.47 Å². The summed E-state index contributed by atoms with van der Waals surface area (Å²) in [6.07, 6.45) is 4.86. The van der Waals surface area contributed by atoms with Gasteiger partial charge in [-0.15, -0.1) is 0 Å². The summed E-state index contributed by atoms with van der Waals surface area (Å²) in [5.74, 6) is 1.11. The molecule has 0 bridgehead atoms. The molecule has 1 amide bonds. The zero-order valence-corrected chi connectivity index (χ0v) is 15.1. The normalized spacial score (nSPS) is 20.2. The fraction of sp³-hybridized carbons (Fsp3) is 0.632. The molecule has 0 spiro atoms. The van der Waals surface area contributed by atoms with Crippen molar-refractivity contribution < 1.29 is 14.3 Å². The van der Waals surface area contributed by atoms with Gasteiger partial charge in [-0.05, 0) is 51.9 Å². The molecule has 0 aromatic heterocycles. The number of benzene rings is 1. The second-order valence-electron chi connectivity index (χ2n) is 6.72. The standard InChI is InChI=1S/C19H30N2O3/c1-4-5-13-23-18-11-7-6-10-16(18)20-19(22)24-17-12-8-9-15(17)14-21(2)3/h6-7,10-11,15,17H,4-5,8-9,12-14H2,1-3H3,(H,20,22)/t15-,17+/m1/s1. The number of unbranched alkanes of at least 4 members (excludes halogenated alkanes) is 1. The summed E-state index contributed by atoms with van der Waals surface area (Å²) in [6, 6.07) is 7.50. The van der Waals surface area contributed by atoms with Gasteiger partial charge in [-0.2, -0.15) is 0 Å². The summed E-state index contributed by atoms with van der Waals surface area (Å²) >= 11 is 0. The lowest BCUT2D eigenvalue weighted by atomic mass is 10.1. The number of nitrogens with one attached hydrogen (secondary N) is 1. The van der Waals surface area contributed by atoms with E-state index in [9.17, 15) is 4.79 Å². The first-order valence-electron chi connectivity index (χ1n) is 8.94. The summed E-state index contributed by atoms with van der Waals surface area (Å²) in [7, 11) is 4.11. The minimum absolute atomic E-state index is 0.000530. The van der Waals surface area contributed by atoms with Crippen LogP contribution in [-0.2, 0) is 4.74 Å². The molecule has 1 aliphatic rings. The maximum atomic E-state index is 12.3. The van der Waals surface area contributed by atoms with Crippen molar-refractivity contribution in [3.05, 3.63) is 24.3 Å². The molecular weight excluding hydrogens is 304 g/mol. The van der Waals surface area contributed by atoms with E-state index in [1.807, 2.05) is 24.3 Å². The van der Waals surface area contributed by atoms with Crippen LogP contribution in [0.3, 0.4) is 0 Å². The maximum Gasteiger partial charge on any atom is 0.412 e. The molecule has 0 heterocycles. The van der Waals surface area contributed by atoms with Crippen molar-refractivity contribution in [2.45, 2.75) is 45.1 Å². The monoisotopic (exact) mass is 334 g/mol. The Morgan fingerprint density at radius 3 is 2.83 bits per heavy atom. The number of carbonyl (C=O) groups is 1. The molecule has 1 N–H and O–H groups in total. The lowest BCUT2D eigenvalue weighted by Gasteiger charge is -2.23. The van der Waals surface area contributed by atoms with Crippen LogP contribution >= 0.6 is 0 Å². The second-order valence-corrected chi connectivity index (χ2v) is 6.72. The molecule has 0 aliphatic heterocycles. The van der Waals surface area contributed by atoms with Crippen LogP contribution < -0.4 is 10.1 Å². The molecule has 5 heteroatoms. The van der Waals surface area contributed by atoms with Crippen LogP contribution in [0.1, 0.15) is 39.0 Å². The highest BCUT2D eigenvalue weighted by atomic mass is 16.6. The Morgan fingerprint density at radius 1 is 1.29 bits per heavy atom. The SMILES string of the molecule is CCCCOc1ccccc1NC(=O)O[C@H]1CCC[C@@H]1CN(C)C. The van der Waals surface area contributed by atoms with Crippen LogP contribution in [0.5, 0.6) is 5.75 Å². The molecule has 134 valence electrons. The molecule has 0 saturated heterocycles. The van der Waals surface area contributed by atoms with Gasteiger partial charge in [-0.25, -0.2) is 4.79 Å². The Labute approximate surface area is 145 Å². The molecule has 5 nitrogen and oxygen atoms in total. The molecule has 1 aliphatic carbocycles. The van der Waals surface area contributed by atoms with Crippen molar-refractivity contribution in [2.24, 2.45) is 5.92 Å². The van der Waals surface area contributed by atoms with Crippen molar-refractivity contribution in [3.8, 4) is 5.75 Å². The highest BCUT2D eigenvalue weighted by Crippen LogP contribution is 2.30. The van der Waals surface area contributed by atoms with E-state index in [-0.39, 0.29) is 6.10 Å². The number of carbonyl (C=O) groups excluding carboxylic acids is 1. The Bertz CT molecular complexity index is 519. The van der Waals surface area contributed by atoms with Crippen molar-refractivity contribution in [2.75, 3.05) is 32.6 Å². The van der Waals surface area contributed by atoms with E-state index in [0.717, 1.165) is 38.6 Å². The summed E-state index contributed by atoms with van der Waals surface area (Å²) in [5.41, 5.74) is 0.667. The summed E-state index contributed by atoms with van der Waals surface area (Å²) < 4.78 is 11.4. The first kappa shape index (κ1) is 18.6. The van der Waals surface area contributed by atoms with Gasteiger partial charge in [-0.1, -0.05) is 25.5 Å². The molecule has 0 unspecified atom stereocenters. The number of hydrogen-bond donors (Lipinski definition) is 1. The minimum Gasteiger partial charge on any atom is -0.491 e. The number of amides is 1. The number of para-hydroxylation sites is 2. The molecule has 1 fully saturated rings. The lowest BCUT2D eigenvalue weighted by Crippen LogP contribution is -2.31. The Balaban J connectivity index is 1.90. The predicted molar refractivity (Wildman–Crippen MR) is 96.6 cm³/mol. The number of nitrogens with zero attached hydrogens (tertiary/aromatic N) is 1. The fourth-order valence-electron chi connectivity index (χ4n) is 3.13. The number of hydrogen-bond acceptors (Lipinski definition) is 4. The summed E-state index contributed by atoms with van der Waals surface area (Å²) in [6.45, 7) is 3.73. The first-order valence-corrected chi connectivity index (χ1v) is 8.94. The number of rotatable bonds is 8. The van der Waals surface area contributed by atoms with E-state index in [1.54, 1.807) is 0 Å². The van der Waals surface area contributed by atoms with Crippen molar-refractivity contribution in [3.63, 3.8) is 0 Å². The van der Waals surface area contributed by atoms with Gasteiger partial charge < -0.3 is 14.4 Å². The quantitative estimate of drug-likeness (QED) is 0.726. The molecule has 24 heavy (non-hydrogen) atoms. The van der Waals surface area contributed by atoms with Crippen LogP contribution in [0.25, 0.3) is 0 Å². The molecular formula is C19H30N2O3. The molecule has 2 atom stereocenters. The van der Waals surface area contributed by atoms with Gasteiger partial charge in [0, 0.05) is 12.5 Å². The largest absolute Gasteiger partial charge is 0.491 e. The predicted octanol–water partition coefficient (Wildman–Crippen LogP) is 4.14. The van der Waals surface area contributed by atoms with Gasteiger partial charge in [0.2, 0.25) is 0 Å². The van der Waals surface area contributed by atoms with Crippen molar-refractivity contribution in [1.29, 1.82) is 0 Å². The first-order chi connectivity index (χ1) is 11.6. The van der Waals surface area contributed by atoms with Crippen LogP contribution in [0.15, 0.2) is 24.3 Å². The Kier molecular flexibility index (Phi) is 7.37. The van der Waals surface area contributed by atoms with Gasteiger partial charge in [0.25, 0.3) is 0 Å². The van der Waals surface area contributed by atoms with Crippen LogP contribution in [0.2, 0.25) is 0 Å². The van der Waals surface area contributed by atoms with E-state index >= 15 is 0 Å².